The van der Waals surface area contributed by atoms with Gasteiger partial charge < -0.3 is 15.5 Å². The average Bonchev–Trinajstić information content (AvgIpc) is 3.21. The van der Waals surface area contributed by atoms with Gasteiger partial charge in [-0.2, -0.15) is 0 Å². The fraction of sp³-hybridized carbons (Fsp3) is 0.364. The van der Waals surface area contributed by atoms with Crippen molar-refractivity contribution in [3.8, 4) is 0 Å². The molecular formula is C22H27N3O2. The molecule has 0 spiro atoms. The average molecular weight is 365 g/mol. The van der Waals surface area contributed by atoms with Crippen molar-refractivity contribution in [3.05, 3.63) is 59.2 Å². The first-order valence-electron chi connectivity index (χ1n) is 9.64. The molecule has 5 nitrogen and oxygen atoms in total. The second-order valence-electron chi connectivity index (χ2n) is 6.95. The van der Waals surface area contributed by atoms with Gasteiger partial charge in [-0.05, 0) is 56.0 Å². The van der Waals surface area contributed by atoms with Crippen LogP contribution in [0.3, 0.4) is 0 Å². The van der Waals surface area contributed by atoms with Crippen LogP contribution in [0.1, 0.15) is 52.5 Å². The van der Waals surface area contributed by atoms with E-state index in [9.17, 15) is 9.59 Å². The van der Waals surface area contributed by atoms with Crippen LogP contribution in [0.15, 0.2) is 42.5 Å². The molecular weight excluding hydrogens is 338 g/mol. The highest BCUT2D eigenvalue weighted by Gasteiger charge is 2.20. The molecule has 0 bridgehead atoms. The summed E-state index contributed by atoms with van der Waals surface area (Å²) in [5, 5.41) is 5.89. The minimum absolute atomic E-state index is 0.0919. The molecule has 1 fully saturated rings. The number of carbonyl (C=O) groups is 2. The molecule has 1 aliphatic heterocycles. The third-order valence-corrected chi connectivity index (χ3v) is 4.87. The standard InChI is InChI=1S/C22H27N3O2/c1-3-12-23-21(26)19-15-17(10-11-20(19)25-13-6-7-14-25)24-22(27)18-9-5-4-8-16(18)2/h4-5,8-11,15H,3,6-7,12-14H2,1-2H3,(H,23,26)(H,24,27). The topological polar surface area (TPSA) is 61.4 Å². The highest BCUT2D eigenvalue weighted by Crippen LogP contribution is 2.28. The van der Waals surface area contributed by atoms with E-state index in [4.69, 9.17) is 0 Å². The zero-order chi connectivity index (χ0) is 19.2. The summed E-state index contributed by atoms with van der Waals surface area (Å²) in [4.78, 5) is 27.5. The second kappa shape index (κ2) is 8.71. The summed E-state index contributed by atoms with van der Waals surface area (Å²) in [5.74, 6) is -0.257. The molecule has 0 aliphatic carbocycles. The van der Waals surface area contributed by atoms with Crippen molar-refractivity contribution in [1.29, 1.82) is 0 Å². The van der Waals surface area contributed by atoms with Crippen LogP contribution >= 0.6 is 0 Å². The van der Waals surface area contributed by atoms with Crippen LogP contribution in [0.2, 0.25) is 0 Å². The second-order valence-corrected chi connectivity index (χ2v) is 6.95. The molecule has 0 unspecified atom stereocenters. The first-order chi connectivity index (χ1) is 13.1. The number of nitrogens with one attached hydrogen (secondary N) is 2. The van der Waals surface area contributed by atoms with Crippen molar-refractivity contribution >= 4 is 23.2 Å². The van der Waals surface area contributed by atoms with Gasteiger partial charge in [0.15, 0.2) is 0 Å². The SMILES string of the molecule is CCCNC(=O)c1cc(NC(=O)c2ccccc2C)ccc1N1CCCC1. The fourth-order valence-electron chi connectivity index (χ4n) is 3.39. The molecule has 2 aromatic rings. The molecule has 1 aliphatic rings. The Kier molecular flexibility index (Phi) is 6.12. The van der Waals surface area contributed by atoms with Crippen LogP contribution in [0.25, 0.3) is 0 Å². The Bertz CT molecular complexity index is 826. The number of nitrogens with zero attached hydrogens (tertiary/aromatic N) is 1. The Hall–Kier alpha value is -2.82. The zero-order valence-electron chi connectivity index (χ0n) is 16.0. The van der Waals surface area contributed by atoms with E-state index in [2.05, 4.69) is 15.5 Å². The van der Waals surface area contributed by atoms with Crippen molar-refractivity contribution in [2.24, 2.45) is 0 Å². The Morgan fingerprint density at radius 2 is 1.74 bits per heavy atom. The van der Waals surface area contributed by atoms with Gasteiger partial charge in [-0.1, -0.05) is 25.1 Å². The van der Waals surface area contributed by atoms with Crippen LogP contribution < -0.4 is 15.5 Å². The monoisotopic (exact) mass is 365 g/mol. The smallest absolute Gasteiger partial charge is 0.255 e. The number of rotatable bonds is 6. The van der Waals surface area contributed by atoms with Gasteiger partial charge in [-0.25, -0.2) is 0 Å². The number of anilines is 2. The summed E-state index contributed by atoms with van der Waals surface area (Å²) in [5.41, 5.74) is 3.75. The number of carbonyl (C=O) groups excluding carboxylic acids is 2. The van der Waals surface area contributed by atoms with Crippen molar-refractivity contribution in [1.82, 2.24) is 5.32 Å². The molecule has 5 heteroatoms. The molecule has 0 radical (unpaired) electrons. The van der Waals surface area contributed by atoms with Gasteiger partial charge in [0.1, 0.15) is 0 Å². The van der Waals surface area contributed by atoms with E-state index >= 15 is 0 Å². The zero-order valence-corrected chi connectivity index (χ0v) is 16.0. The molecule has 2 amide bonds. The largest absolute Gasteiger partial charge is 0.371 e. The van der Waals surface area contributed by atoms with Gasteiger partial charge in [-0.15, -0.1) is 0 Å². The Morgan fingerprint density at radius 3 is 2.44 bits per heavy atom. The maximum absolute atomic E-state index is 12.7. The predicted molar refractivity (Wildman–Crippen MR) is 110 cm³/mol. The Labute approximate surface area is 160 Å². The van der Waals surface area contributed by atoms with Crippen molar-refractivity contribution in [2.75, 3.05) is 29.9 Å². The number of amides is 2. The molecule has 3 rings (SSSR count). The lowest BCUT2D eigenvalue weighted by Crippen LogP contribution is -2.28. The van der Waals surface area contributed by atoms with Crippen LogP contribution in [-0.4, -0.2) is 31.4 Å². The maximum Gasteiger partial charge on any atom is 0.255 e. The van der Waals surface area contributed by atoms with Gasteiger partial charge in [0.2, 0.25) is 0 Å². The van der Waals surface area contributed by atoms with Gasteiger partial charge in [0.05, 0.1) is 5.56 Å². The first kappa shape index (κ1) is 19.0. The summed E-state index contributed by atoms with van der Waals surface area (Å²) in [6, 6.07) is 13.1. The number of aryl methyl sites for hydroxylation is 1. The normalized spacial score (nSPS) is 13.5. The minimum Gasteiger partial charge on any atom is -0.371 e. The number of benzene rings is 2. The predicted octanol–water partition coefficient (Wildman–Crippen LogP) is 3.99. The Morgan fingerprint density at radius 1 is 1.00 bits per heavy atom. The molecule has 2 aromatic carbocycles. The lowest BCUT2D eigenvalue weighted by atomic mass is 10.1. The summed E-state index contributed by atoms with van der Waals surface area (Å²) in [7, 11) is 0. The van der Waals surface area contributed by atoms with Crippen molar-refractivity contribution < 1.29 is 9.59 Å². The van der Waals surface area contributed by atoms with Crippen LogP contribution in [0.5, 0.6) is 0 Å². The van der Waals surface area contributed by atoms with Gasteiger partial charge in [-0.3, -0.25) is 9.59 Å². The fourth-order valence-corrected chi connectivity index (χ4v) is 3.39. The molecule has 0 aromatic heterocycles. The number of hydrogen-bond acceptors (Lipinski definition) is 3. The van der Waals surface area contributed by atoms with E-state index in [-0.39, 0.29) is 11.8 Å². The molecule has 142 valence electrons. The van der Waals surface area contributed by atoms with E-state index in [1.54, 1.807) is 12.1 Å². The molecule has 1 heterocycles. The first-order valence-corrected chi connectivity index (χ1v) is 9.64. The van der Waals surface area contributed by atoms with Gasteiger partial charge in [0, 0.05) is 36.6 Å². The summed E-state index contributed by atoms with van der Waals surface area (Å²) in [6.45, 7) is 6.50. The molecule has 1 saturated heterocycles. The molecule has 2 N–H and O–H groups in total. The van der Waals surface area contributed by atoms with Gasteiger partial charge in [0.25, 0.3) is 11.8 Å². The van der Waals surface area contributed by atoms with E-state index < -0.39 is 0 Å². The highest BCUT2D eigenvalue weighted by atomic mass is 16.2. The minimum atomic E-state index is -0.165. The third kappa shape index (κ3) is 4.48. The highest BCUT2D eigenvalue weighted by molar-refractivity contribution is 6.07. The number of hydrogen-bond donors (Lipinski definition) is 2. The van der Waals surface area contributed by atoms with Crippen LogP contribution in [0, 0.1) is 6.92 Å². The maximum atomic E-state index is 12.7. The van der Waals surface area contributed by atoms with Crippen LogP contribution in [0.4, 0.5) is 11.4 Å². The molecule has 0 atom stereocenters. The molecule has 27 heavy (non-hydrogen) atoms. The van der Waals surface area contributed by atoms with E-state index in [1.807, 2.05) is 44.2 Å². The van der Waals surface area contributed by atoms with Gasteiger partial charge >= 0.3 is 0 Å². The van der Waals surface area contributed by atoms with Crippen molar-refractivity contribution in [3.63, 3.8) is 0 Å². The Balaban J connectivity index is 1.86. The lowest BCUT2D eigenvalue weighted by Gasteiger charge is -2.22. The molecule has 0 saturated carbocycles. The summed E-state index contributed by atoms with van der Waals surface area (Å²) >= 11 is 0. The van der Waals surface area contributed by atoms with Crippen LogP contribution in [-0.2, 0) is 0 Å². The van der Waals surface area contributed by atoms with E-state index in [1.165, 1.54) is 0 Å². The lowest BCUT2D eigenvalue weighted by molar-refractivity contribution is 0.0952. The van der Waals surface area contributed by atoms with E-state index in [0.29, 0.717) is 23.4 Å². The quantitative estimate of drug-likeness (QED) is 0.814. The van der Waals surface area contributed by atoms with E-state index in [0.717, 1.165) is 43.6 Å². The third-order valence-electron chi connectivity index (χ3n) is 4.87. The summed E-state index contributed by atoms with van der Waals surface area (Å²) in [6.07, 6.45) is 3.16. The van der Waals surface area contributed by atoms with Crippen molar-refractivity contribution in [2.45, 2.75) is 33.1 Å². The summed E-state index contributed by atoms with van der Waals surface area (Å²) < 4.78 is 0.